The number of piperazine rings is 1. The Morgan fingerprint density at radius 3 is 2.50 bits per heavy atom. The van der Waals surface area contributed by atoms with E-state index < -0.39 is 0 Å². The molecule has 1 N–H and O–H groups in total. The molecule has 0 atom stereocenters. The molecule has 0 aromatic carbocycles. The first kappa shape index (κ1) is 24.1. The van der Waals surface area contributed by atoms with Gasteiger partial charge in [-0.3, -0.25) is 16.9 Å². The van der Waals surface area contributed by atoms with E-state index in [4.69, 9.17) is 0 Å². The van der Waals surface area contributed by atoms with Crippen LogP contribution < -0.4 is 10.2 Å². The van der Waals surface area contributed by atoms with Crippen LogP contribution in [0, 0.1) is 7.05 Å². The van der Waals surface area contributed by atoms with E-state index in [0.717, 1.165) is 56.3 Å². The van der Waals surface area contributed by atoms with Gasteiger partial charge in [-0.05, 0) is 31.3 Å². The van der Waals surface area contributed by atoms with E-state index in [9.17, 15) is 0 Å². The average molecular weight is 538 g/mol. The molecule has 1 aromatic heterocycles. The van der Waals surface area contributed by atoms with Crippen molar-refractivity contribution in [3.63, 3.8) is 0 Å². The van der Waals surface area contributed by atoms with Gasteiger partial charge in [0.15, 0.2) is 0 Å². The van der Waals surface area contributed by atoms with E-state index in [0.29, 0.717) is 6.04 Å². The van der Waals surface area contributed by atoms with Gasteiger partial charge in [-0.25, -0.2) is 0 Å². The molecule has 4 heterocycles. The molecular weight excluding hydrogens is 509 g/mol. The summed E-state index contributed by atoms with van der Waals surface area (Å²) >= 11 is 1.75. The Kier molecular flexibility index (Phi) is 10.4. The second-order valence-corrected chi connectivity index (χ2v) is 6.32. The van der Waals surface area contributed by atoms with Crippen LogP contribution in [0.4, 0.5) is 11.4 Å². The van der Waals surface area contributed by atoms with E-state index in [2.05, 4.69) is 49.6 Å². The van der Waals surface area contributed by atoms with Crippen LogP contribution in [0.15, 0.2) is 30.6 Å². The van der Waals surface area contributed by atoms with Gasteiger partial charge in [0.1, 0.15) is 0 Å². The molecule has 3 radical (unpaired) electrons. The van der Waals surface area contributed by atoms with Crippen LogP contribution in [-0.2, 0) is 32.7 Å². The van der Waals surface area contributed by atoms with Gasteiger partial charge < -0.3 is 15.1 Å². The first-order valence-corrected chi connectivity index (χ1v) is 10.9. The number of fused-ring (bicyclic) bond motifs is 1. The maximum atomic E-state index is 4.54. The van der Waals surface area contributed by atoms with E-state index in [1.54, 1.807) is 23.0 Å². The Labute approximate surface area is 197 Å². The predicted molar refractivity (Wildman–Crippen MR) is 109 cm³/mol. The van der Waals surface area contributed by atoms with E-state index in [1.165, 1.54) is 5.69 Å². The van der Waals surface area contributed by atoms with Crippen LogP contribution in [0.3, 0.4) is 0 Å². The zero-order chi connectivity index (χ0) is 17.1. The minimum absolute atomic E-state index is 0. The van der Waals surface area contributed by atoms with Crippen LogP contribution in [-0.4, -0.2) is 83.1 Å². The second-order valence-electron chi connectivity index (χ2n) is 6.32. The topological polar surface area (TPSA) is 34.6 Å². The first-order valence-electron chi connectivity index (χ1n) is 8.32. The Hall–Kier alpha value is 0.0721. The zero-order valence-corrected chi connectivity index (χ0v) is 20.2. The fourth-order valence-corrected chi connectivity index (χ4v) is 3.29. The van der Waals surface area contributed by atoms with Crippen molar-refractivity contribution in [3.8, 4) is 0 Å². The summed E-state index contributed by atoms with van der Waals surface area (Å²) in [7, 11) is 4.01. The number of pyridine rings is 1. The van der Waals surface area contributed by atoms with Gasteiger partial charge in [-0.1, -0.05) is 14.0 Å². The standard InChI is InChI=1S/C17H22N5.CH4.CH3.Sb.Y/c1-13-3-4-16-17(19-13)9-14(10-18-16)22-11-15(12-22)21-7-5-20(2)6-8-21;;;;/h3-4,9-10,15,19H,1-2,5-8,11-12H2;1H4;1H3;;/q-1;;;;. The largest absolute Gasteiger partial charge is 0 e. The third kappa shape index (κ3) is 5.54. The van der Waals surface area contributed by atoms with Crippen molar-refractivity contribution in [2.24, 2.45) is 0 Å². The second kappa shape index (κ2) is 11.2. The molecule has 5 nitrogen and oxygen atoms in total. The van der Waals surface area contributed by atoms with Crippen LogP contribution in [0.25, 0.3) is 6.08 Å². The monoisotopic (exact) mass is 537 g/mol. The minimum Gasteiger partial charge on any atom is 0 e. The minimum atomic E-state index is 0. The molecule has 0 unspecified atom stereocenters. The fraction of sp³-hybridized carbons (Fsp3) is 0.474. The normalized spacial score (nSPS) is 19.8. The van der Waals surface area contributed by atoms with Crippen LogP contribution >= 0.6 is 0 Å². The molecule has 2 saturated heterocycles. The first-order chi connectivity index (χ1) is 11.7. The van der Waals surface area contributed by atoms with Crippen LogP contribution in [0.5, 0.6) is 0 Å². The number of aromatic nitrogens is 1. The van der Waals surface area contributed by atoms with Crippen LogP contribution in [0.1, 0.15) is 13.1 Å². The van der Waals surface area contributed by atoms with Crippen molar-refractivity contribution in [1.82, 2.24) is 14.8 Å². The summed E-state index contributed by atoms with van der Waals surface area (Å²) in [6, 6.07) is 2.86. The fourth-order valence-electron chi connectivity index (χ4n) is 3.29. The third-order valence-corrected chi connectivity index (χ3v) is 4.79. The molecule has 0 saturated carbocycles. The summed E-state index contributed by atoms with van der Waals surface area (Å²) in [4.78, 5) is 13.7. The Morgan fingerprint density at radius 2 is 1.85 bits per heavy atom. The molecule has 4 rings (SSSR count). The molecule has 26 heavy (non-hydrogen) atoms. The Morgan fingerprint density at radius 1 is 1.19 bits per heavy atom. The maximum absolute atomic E-state index is 4.54. The molecule has 1 aromatic rings. The number of anilines is 2. The summed E-state index contributed by atoms with van der Waals surface area (Å²) in [6.07, 6.45) is 5.94. The van der Waals surface area contributed by atoms with Crippen molar-refractivity contribution in [3.05, 3.63) is 43.4 Å². The molecule has 0 aliphatic carbocycles. The van der Waals surface area contributed by atoms with E-state index in [1.807, 2.05) is 18.3 Å². The van der Waals surface area contributed by atoms with Gasteiger partial charge in [0.25, 0.3) is 0 Å². The molecule has 3 aliphatic heterocycles. The number of hydrogen-bond acceptors (Lipinski definition) is 5. The molecule has 3 aliphatic rings. The number of nitrogens with one attached hydrogen (secondary N) is 1. The summed E-state index contributed by atoms with van der Waals surface area (Å²) in [5.74, 6) is 0. The van der Waals surface area contributed by atoms with Gasteiger partial charge in [0.05, 0.1) is 23.3 Å². The van der Waals surface area contributed by atoms with Gasteiger partial charge in [-0.15, -0.1) is 0 Å². The number of allylic oxidation sites excluding steroid dienone is 1. The number of rotatable bonds is 2. The number of nitrogens with zero attached hydrogens (tertiary/aromatic N) is 4. The van der Waals surface area contributed by atoms with Gasteiger partial charge >= 0.3 is 27.9 Å². The Balaban J connectivity index is 0.000000818. The van der Waals surface area contributed by atoms with Crippen molar-refractivity contribution in [2.45, 2.75) is 18.3 Å². The molecule has 2 fully saturated rings. The number of hydrogen-bond donors (Lipinski definition) is 1. The summed E-state index contributed by atoms with van der Waals surface area (Å²) in [5.41, 5.74) is 4.15. The summed E-state index contributed by atoms with van der Waals surface area (Å²) < 4.78 is 0. The third-order valence-electron chi connectivity index (χ3n) is 4.79. The summed E-state index contributed by atoms with van der Waals surface area (Å²) in [5, 5.41) is 3.29. The molecule has 7 heteroatoms. The maximum Gasteiger partial charge on any atom is 0 e. The van der Waals surface area contributed by atoms with Gasteiger partial charge in [0, 0.05) is 70.6 Å². The van der Waals surface area contributed by atoms with Crippen LogP contribution in [0.2, 0.25) is 4.87 Å². The summed E-state index contributed by atoms with van der Waals surface area (Å²) in [6.45, 7) is 10.6. The van der Waals surface area contributed by atoms with Crippen molar-refractivity contribution >= 4 is 40.5 Å². The smallest absolute Gasteiger partial charge is 0 e. The van der Waals surface area contributed by atoms with E-state index in [-0.39, 0.29) is 40.1 Å². The van der Waals surface area contributed by atoms with E-state index >= 15 is 0 Å². The zero-order valence-electron chi connectivity index (χ0n) is 14.9. The van der Waals surface area contributed by atoms with Gasteiger partial charge in [0.2, 0.25) is 0 Å². The van der Waals surface area contributed by atoms with Crippen molar-refractivity contribution in [2.75, 3.05) is 49.5 Å². The molecule has 0 bridgehead atoms. The molecule has 0 spiro atoms. The SMILES string of the molecule is C.C=C1C=Cc2ncc(N3CC(N4CCN([CH2-])CC4)C3)cc2N1.[CH3][Sb].[Y]. The Bertz CT molecular complexity index is 622. The van der Waals surface area contributed by atoms with Gasteiger partial charge in [-0.2, -0.15) is 0 Å². The van der Waals surface area contributed by atoms with Crippen molar-refractivity contribution in [1.29, 1.82) is 0 Å². The quantitative estimate of drug-likeness (QED) is 0.463. The average Bonchev–Trinajstić information content (AvgIpc) is 2.57. The predicted octanol–water partition coefficient (Wildman–Crippen LogP) is 2.47. The molecular formula is C19H29N5SbY-. The molecule has 0 amide bonds. The molecule has 139 valence electrons. The van der Waals surface area contributed by atoms with Crippen molar-refractivity contribution < 1.29 is 32.7 Å².